The van der Waals surface area contributed by atoms with Crippen LogP contribution in [0.1, 0.15) is 20.8 Å². The van der Waals surface area contributed by atoms with Crippen molar-refractivity contribution >= 4 is 17.4 Å². The number of hydrogen-bond donors (Lipinski definition) is 1. The predicted octanol–water partition coefficient (Wildman–Crippen LogP) is 1.66. The number of hydrogen-bond acceptors (Lipinski definition) is 5. The van der Waals surface area contributed by atoms with Gasteiger partial charge in [-0.05, 0) is 26.8 Å². The van der Waals surface area contributed by atoms with Crippen LogP contribution in [0, 0.1) is 10.1 Å². The number of carbonyl (C=O) groups is 1. The first kappa shape index (κ1) is 14.9. The number of anilines is 1. The quantitative estimate of drug-likeness (QED) is 0.625. The largest absolute Gasteiger partial charge is 0.353 e. The molecule has 0 radical (unpaired) electrons. The highest BCUT2D eigenvalue weighted by Gasteiger charge is 2.22. The molecule has 7 nitrogen and oxygen atoms in total. The van der Waals surface area contributed by atoms with Crippen LogP contribution >= 0.6 is 0 Å². The number of carbonyl (C=O) groups excluding carboxylic acids is 1. The van der Waals surface area contributed by atoms with Crippen LogP contribution < -0.4 is 5.32 Å². The maximum absolute atomic E-state index is 12.1. The first-order valence-corrected chi connectivity index (χ1v) is 6.16. The third-order valence-corrected chi connectivity index (χ3v) is 2.78. The highest BCUT2D eigenvalue weighted by Crippen LogP contribution is 2.21. The lowest BCUT2D eigenvalue weighted by Crippen LogP contribution is -2.41. The van der Waals surface area contributed by atoms with Gasteiger partial charge in [0.05, 0.1) is 4.92 Å². The Kier molecular flexibility index (Phi) is 5.23. The number of likely N-dealkylation sites (N-methyl/N-ethyl adjacent to an activating group) is 1. The molecule has 0 bridgehead atoms. The highest BCUT2D eigenvalue weighted by atomic mass is 16.6. The molecule has 104 valence electrons. The van der Waals surface area contributed by atoms with Gasteiger partial charge >= 0.3 is 5.69 Å². The second-order valence-electron chi connectivity index (χ2n) is 4.00. The average molecular weight is 266 g/mol. The standard InChI is InChI=1S/C12H18N4O3/c1-4-15(5-2)12(17)9(3)14-11-10(16(18)19)7-6-8-13-11/h6-9H,4-5H2,1-3H3,(H,13,14). The van der Waals surface area contributed by atoms with E-state index in [4.69, 9.17) is 0 Å². The molecular formula is C12H18N4O3. The van der Waals surface area contributed by atoms with Crippen molar-refractivity contribution < 1.29 is 9.72 Å². The van der Waals surface area contributed by atoms with E-state index in [1.165, 1.54) is 18.3 Å². The fourth-order valence-electron chi connectivity index (χ4n) is 1.73. The molecule has 0 aliphatic rings. The zero-order chi connectivity index (χ0) is 14.4. The van der Waals surface area contributed by atoms with Crippen molar-refractivity contribution in [2.45, 2.75) is 26.8 Å². The van der Waals surface area contributed by atoms with Crippen LogP contribution in [0.15, 0.2) is 18.3 Å². The maximum Gasteiger partial charge on any atom is 0.311 e. The molecule has 19 heavy (non-hydrogen) atoms. The Morgan fingerprint density at radius 1 is 1.53 bits per heavy atom. The molecule has 7 heteroatoms. The fourth-order valence-corrected chi connectivity index (χ4v) is 1.73. The summed E-state index contributed by atoms with van der Waals surface area (Å²) >= 11 is 0. The van der Waals surface area contributed by atoms with Gasteiger partial charge in [0, 0.05) is 25.4 Å². The van der Waals surface area contributed by atoms with Crippen LogP contribution in [0.4, 0.5) is 11.5 Å². The summed E-state index contributed by atoms with van der Waals surface area (Å²) in [5.41, 5.74) is -0.137. The first-order valence-electron chi connectivity index (χ1n) is 6.16. The van der Waals surface area contributed by atoms with Gasteiger partial charge in [-0.1, -0.05) is 0 Å². The van der Waals surface area contributed by atoms with Crippen LogP contribution in [0.25, 0.3) is 0 Å². The molecule has 1 rings (SSSR count). The number of rotatable bonds is 6. The molecule has 0 saturated carbocycles. The van der Waals surface area contributed by atoms with Gasteiger partial charge in [0.25, 0.3) is 0 Å². The van der Waals surface area contributed by atoms with Gasteiger partial charge in [-0.15, -0.1) is 0 Å². The molecule has 0 spiro atoms. The molecule has 1 amide bonds. The summed E-state index contributed by atoms with van der Waals surface area (Å²) in [6.07, 6.45) is 1.45. The summed E-state index contributed by atoms with van der Waals surface area (Å²) in [4.78, 5) is 28.0. The summed E-state index contributed by atoms with van der Waals surface area (Å²) in [5, 5.41) is 13.6. The Morgan fingerprint density at radius 3 is 2.68 bits per heavy atom. The van der Waals surface area contributed by atoms with Gasteiger partial charge in [0.2, 0.25) is 11.7 Å². The minimum atomic E-state index is -0.562. The van der Waals surface area contributed by atoms with E-state index in [1.54, 1.807) is 11.8 Å². The van der Waals surface area contributed by atoms with Crippen molar-refractivity contribution in [2.75, 3.05) is 18.4 Å². The molecular weight excluding hydrogens is 248 g/mol. The smallest absolute Gasteiger partial charge is 0.311 e. The second-order valence-corrected chi connectivity index (χ2v) is 4.00. The number of nitro groups is 1. The molecule has 0 fully saturated rings. The predicted molar refractivity (Wildman–Crippen MR) is 71.9 cm³/mol. The molecule has 1 aromatic rings. The highest BCUT2D eigenvalue weighted by molar-refractivity contribution is 5.84. The fraction of sp³-hybridized carbons (Fsp3) is 0.500. The van der Waals surface area contributed by atoms with Gasteiger partial charge in [0.1, 0.15) is 6.04 Å². The monoisotopic (exact) mass is 266 g/mol. The zero-order valence-electron chi connectivity index (χ0n) is 11.3. The zero-order valence-corrected chi connectivity index (χ0v) is 11.3. The number of aromatic nitrogens is 1. The van der Waals surface area contributed by atoms with Crippen molar-refractivity contribution in [1.82, 2.24) is 9.88 Å². The lowest BCUT2D eigenvalue weighted by atomic mass is 10.2. The van der Waals surface area contributed by atoms with E-state index in [2.05, 4.69) is 10.3 Å². The number of nitrogens with zero attached hydrogens (tertiary/aromatic N) is 3. The van der Waals surface area contributed by atoms with Crippen molar-refractivity contribution in [2.24, 2.45) is 0 Å². The molecule has 1 N–H and O–H groups in total. The van der Waals surface area contributed by atoms with E-state index >= 15 is 0 Å². The van der Waals surface area contributed by atoms with Crippen molar-refractivity contribution in [1.29, 1.82) is 0 Å². The van der Waals surface area contributed by atoms with Crippen LogP contribution in [0.3, 0.4) is 0 Å². The summed E-state index contributed by atoms with van der Waals surface area (Å²) in [6, 6.07) is 2.28. The third kappa shape index (κ3) is 3.64. The summed E-state index contributed by atoms with van der Waals surface area (Å²) < 4.78 is 0. The van der Waals surface area contributed by atoms with Crippen LogP contribution in [0.5, 0.6) is 0 Å². The molecule has 0 saturated heterocycles. The summed E-state index contributed by atoms with van der Waals surface area (Å²) in [5.74, 6) is 0.00505. The third-order valence-electron chi connectivity index (χ3n) is 2.78. The number of pyridine rings is 1. The first-order chi connectivity index (χ1) is 9.01. The van der Waals surface area contributed by atoms with Gasteiger partial charge in [-0.25, -0.2) is 4.98 Å². The van der Waals surface area contributed by atoms with Crippen LogP contribution in [0.2, 0.25) is 0 Å². The molecule has 1 heterocycles. The van der Waals surface area contributed by atoms with Crippen molar-refractivity contribution in [3.05, 3.63) is 28.4 Å². The van der Waals surface area contributed by atoms with E-state index in [1.807, 2.05) is 13.8 Å². The topological polar surface area (TPSA) is 88.4 Å². The normalized spacial score (nSPS) is 11.7. The van der Waals surface area contributed by atoms with Gasteiger partial charge in [-0.2, -0.15) is 0 Å². The SMILES string of the molecule is CCN(CC)C(=O)C(C)Nc1ncccc1[N+](=O)[O-]. The molecule has 1 unspecified atom stereocenters. The van der Waals surface area contributed by atoms with Gasteiger partial charge < -0.3 is 10.2 Å². The lowest BCUT2D eigenvalue weighted by Gasteiger charge is -2.23. The molecule has 0 aromatic carbocycles. The van der Waals surface area contributed by atoms with E-state index in [0.717, 1.165) is 0 Å². The average Bonchev–Trinajstić information content (AvgIpc) is 2.40. The molecule has 0 aliphatic carbocycles. The maximum atomic E-state index is 12.1. The number of amides is 1. The Hall–Kier alpha value is -2.18. The van der Waals surface area contributed by atoms with E-state index in [0.29, 0.717) is 13.1 Å². The van der Waals surface area contributed by atoms with E-state index < -0.39 is 11.0 Å². The Balaban J connectivity index is 2.85. The van der Waals surface area contributed by atoms with Crippen LogP contribution in [-0.2, 0) is 4.79 Å². The van der Waals surface area contributed by atoms with Gasteiger partial charge in [-0.3, -0.25) is 14.9 Å². The molecule has 1 aromatic heterocycles. The summed E-state index contributed by atoms with van der Waals surface area (Å²) in [6.45, 7) is 6.64. The minimum absolute atomic E-state index is 0.107. The molecule has 0 aliphatic heterocycles. The Labute approximate surface area is 111 Å². The Morgan fingerprint density at radius 2 is 2.16 bits per heavy atom. The van der Waals surface area contributed by atoms with Crippen molar-refractivity contribution in [3.8, 4) is 0 Å². The van der Waals surface area contributed by atoms with Gasteiger partial charge in [0.15, 0.2) is 0 Å². The number of nitrogens with one attached hydrogen (secondary N) is 1. The van der Waals surface area contributed by atoms with Crippen LogP contribution in [-0.4, -0.2) is 39.8 Å². The second kappa shape index (κ2) is 6.67. The van der Waals surface area contributed by atoms with E-state index in [9.17, 15) is 14.9 Å². The van der Waals surface area contributed by atoms with Crippen molar-refractivity contribution in [3.63, 3.8) is 0 Å². The minimum Gasteiger partial charge on any atom is -0.353 e. The lowest BCUT2D eigenvalue weighted by molar-refractivity contribution is -0.384. The molecule has 1 atom stereocenters. The summed E-state index contributed by atoms with van der Waals surface area (Å²) in [7, 11) is 0. The Bertz CT molecular complexity index is 460. The van der Waals surface area contributed by atoms with E-state index in [-0.39, 0.29) is 17.4 Å².